The molecule has 0 atom stereocenters. The molecule has 0 aliphatic carbocycles. The predicted octanol–water partition coefficient (Wildman–Crippen LogP) is 2.81. The molecule has 27 heavy (non-hydrogen) atoms. The van der Waals surface area contributed by atoms with Crippen LogP contribution in [-0.2, 0) is 4.74 Å². The minimum atomic E-state index is -0.489. The van der Waals surface area contributed by atoms with E-state index in [1.165, 1.54) is 25.3 Å². The molecule has 0 bridgehead atoms. The third-order valence-electron chi connectivity index (χ3n) is 4.44. The number of nitrogens with zero attached hydrogens (tertiary/aromatic N) is 3. The lowest BCUT2D eigenvalue weighted by Gasteiger charge is -2.38. The SMILES string of the molecule is COc1cc(-c2onc(N(C)C)c2C(=O)N2CCOC(C)(C)C2)ccc1F. The number of carbonyl (C=O) groups excluding carboxylic acids is 1. The molecule has 0 radical (unpaired) electrons. The fourth-order valence-electron chi connectivity index (χ4n) is 3.13. The van der Waals surface area contributed by atoms with Gasteiger partial charge in [-0.15, -0.1) is 0 Å². The number of benzene rings is 1. The van der Waals surface area contributed by atoms with Crippen LogP contribution in [0.25, 0.3) is 11.3 Å². The fraction of sp³-hybridized carbons (Fsp3) is 0.474. The molecule has 1 aromatic carbocycles. The second-order valence-electron chi connectivity index (χ2n) is 7.29. The van der Waals surface area contributed by atoms with Crippen LogP contribution in [0.1, 0.15) is 24.2 Å². The third-order valence-corrected chi connectivity index (χ3v) is 4.44. The van der Waals surface area contributed by atoms with Gasteiger partial charge in [0.25, 0.3) is 5.91 Å². The van der Waals surface area contributed by atoms with Crippen molar-refractivity contribution in [2.45, 2.75) is 19.4 Å². The first-order chi connectivity index (χ1) is 12.7. The fourth-order valence-corrected chi connectivity index (χ4v) is 3.13. The predicted molar refractivity (Wildman–Crippen MR) is 98.7 cm³/mol. The van der Waals surface area contributed by atoms with Gasteiger partial charge in [0.15, 0.2) is 23.1 Å². The molecular formula is C19H24FN3O4. The standard InChI is InChI=1S/C19H24FN3O4/c1-19(2)11-23(8-9-26-19)18(24)15-16(27-21-17(15)22(3)4)12-6-7-13(20)14(10-12)25-5/h6-7,10H,8-9,11H2,1-5H3. The highest BCUT2D eigenvalue weighted by molar-refractivity contribution is 6.04. The first-order valence-electron chi connectivity index (χ1n) is 8.67. The molecule has 8 heteroatoms. The van der Waals surface area contributed by atoms with Crippen molar-refractivity contribution in [2.24, 2.45) is 0 Å². The summed E-state index contributed by atoms with van der Waals surface area (Å²) in [6.45, 7) is 5.28. The van der Waals surface area contributed by atoms with Crippen LogP contribution in [0, 0.1) is 5.82 Å². The maximum atomic E-state index is 13.8. The largest absolute Gasteiger partial charge is 0.494 e. The molecule has 1 aliphatic heterocycles. The van der Waals surface area contributed by atoms with Gasteiger partial charge in [-0.2, -0.15) is 0 Å². The summed E-state index contributed by atoms with van der Waals surface area (Å²) in [6.07, 6.45) is 0. The van der Waals surface area contributed by atoms with E-state index in [0.29, 0.717) is 36.6 Å². The van der Waals surface area contributed by atoms with Gasteiger partial charge in [-0.25, -0.2) is 4.39 Å². The van der Waals surface area contributed by atoms with Crippen molar-refractivity contribution in [3.05, 3.63) is 29.6 Å². The molecule has 1 aromatic heterocycles. The van der Waals surface area contributed by atoms with Crippen LogP contribution >= 0.6 is 0 Å². The van der Waals surface area contributed by atoms with Crippen LogP contribution in [0.2, 0.25) is 0 Å². The van der Waals surface area contributed by atoms with Crippen molar-refractivity contribution in [1.82, 2.24) is 10.1 Å². The van der Waals surface area contributed by atoms with Crippen molar-refractivity contribution in [3.63, 3.8) is 0 Å². The van der Waals surface area contributed by atoms with Crippen molar-refractivity contribution >= 4 is 11.7 Å². The molecule has 1 fully saturated rings. The van der Waals surface area contributed by atoms with Crippen LogP contribution in [0.3, 0.4) is 0 Å². The van der Waals surface area contributed by atoms with E-state index >= 15 is 0 Å². The Balaban J connectivity index is 2.06. The molecule has 7 nitrogen and oxygen atoms in total. The van der Waals surface area contributed by atoms with E-state index in [1.54, 1.807) is 23.9 Å². The van der Waals surface area contributed by atoms with Crippen LogP contribution in [-0.4, -0.2) is 62.5 Å². The van der Waals surface area contributed by atoms with E-state index in [1.807, 2.05) is 13.8 Å². The second-order valence-corrected chi connectivity index (χ2v) is 7.29. The van der Waals surface area contributed by atoms with E-state index in [9.17, 15) is 9.18 Å². The summed E-state index contributed by atoms with van der Waals surface area (Å²) in [6, 6.07) is 4.31. The van der Waals surface area contributed by atoms with Gasteiger partial charge in [-0.3, -0.25) is 4.79 Å². The average molecular weight is 377 g/mol. The van der Waals surface area contributed by atoms with E-state index in [0.717, 1.165) is 0 Å². The van der Waals surface area contributed by atoms with Gasteiger partial charge in [0.1, 0.15) is 5.56 Å². The van der Waals surface area contributed by atoms with Gasteiger partial charge < -0.3 is 23.8 Å². The number of aromatic nitrogens is 1. The summed E-state index contributed by atoms with van der Waals surface area (Å²) >= 11 is 0. The normalized spacial score (nSPS) is 16.3. The van der Waals surface area contributed by atoms with E-state index < -0.39 is 11.4 Å². The molecule has 1 aliphatic rings. The number of anilines is 1. The molecule has 0 saturated carbocycles. The zero-order valence-corrected chi connectivity index (χ0v) is 16.2. The zero-order valence-electron chi connectivity index (χ0n) is 16.2. The molecule has 2 heterocycles. The lowest BCUT2D eigenvalue weighted by atomic mass is 10.0. The summed E-state index contributed by atoms with van der Waals surface area (Å²) in [5.41, 5.74) is 0.430. The Morgan fingerprint density at radius 1 is 1.37 bits per heavy atom. The highest BCUT2D eigenvalue weighted by Gasteiger charge is 2.35. The van der Waals surface area contributed by atoms with E-state index in [2.05, 4.69) is 5.16 Å². The Morgan fingerprint density at radius 3 is 2.74 bits per heavy atom. The molecule has 0 unspecified atom stereocenters. The van der Waals surface area contributed by atoms with E-state index in [-0.39, 0.29) is 17.4 Å². The van der Waals surface area contributed by atoms with Crippen molar-refractivity contribution in [3.8, 4) is 17.1 Å². The molecule has 0 spiro atoms. The Bertz CT molecular complexity index is 847. The smallest absolute Gasteiger partial charge is 0.261 e. The van der Waals surface area contributed by atoms with Crippen molar-refractivity contribution in [2.75, 3.05) is 45.8 Å². The molecule has 146 valence electrons. The van der Waals surface area contributed by atoms with Gasteiger partial charge in [-0.05, 0) is 32.0 Å². The van der Waals surface area contributed by atoms with Gasteiger partial charge in [0, 0.05) is 32.7 Å². The maximum absolute atomic E-state index is 13.8. The first kappa shape index (κ1) is 19.2. The molecule has 1 saturated heterocycles. The molecular weight excluding hydrogens is 353 g/mol. The van der Waals surface area contributed by atoms with Gasteiger partial charge in [0.05, 0.1) is 19.3 Å². The molecule has 0 N–H and O–H groups in total. The van der Waals surface area contributed by atoms with Crippen LogP contribution < -0.4 is 9.64 Å². The molecule has 2 aromatic rings. The lowest BCUT2D eigenvalue weighted by molar-refractivity contribution is -0.0763. The maximum Gasteiger partial charge on any atom is 0.261 e. The van der Waals surface area contributed by atoms with Gasteiger partial charge in [-0.1, -0.05) is 5.16 Å². The summed E-state index contributed by atoms with van der Waals surface area (Å²) in [4.78, 5) is 16.8. The van der Waals surface area contributed by atoms with Gasteiger partial charge in [0.2, 0.25) is 0 Å². The number of amides is 1. The number of halogens is 1. The number of carbonyl (C=O) groups is 1. The topological polar surface area (TPSA) is 68.0 Å². The van der Waals surface area contributed by atoms with Crippen LogP contribution in [0.4, 0.5) is 10.2 Å². The summed E-state index contributed by atoms with van der Waals surface area (Å²) in [5, 5.41) is 4.06. The van der Waals surface area contributed by atoms with Crippen molar-refractivity contribution in [1.29, 1.82) is 0 Å². The minimum absolute atomic E-state index is 0.0706. The van der Waals surface area contributed by atoms with Crippen LogP contribution in [0.15, 0.2) is 22.7 Å². The third kappa shape index (κ3) is 3.75. The zero-order chi connectivity index (χ0) is 19.8. The lowest BCUT2D eigenvalue weighted by Crippen LogP contribution is -2.50. The minimum Gasteiger partial charge on any atom is -0.494 e. The first-order valence-corrected chi connectivity index (χ1v) is 8.67. The number of hydrogen-bond donors (Lipinski definition) is 0. The Hall–Kier alpha value is -2.61. The summed E-state index contributed by atoms with van der Waals surface area (Å²) in [5.74, 6) is 0.0844. The second kappa shape index (κ2) is 7.19. The highest BCUT2D eigenvalue weighted by Crippen LogP contribution is 2.35. The Morgan fingerprint density at radius 2 is 2.11 bits per heavy atom. The van der Waals surface area contributed by atoms with Crippen LogP contribution in [0.5, 0.6) is 5.75 Å². The number of methoxy groups -OCH3 is 1. The molecule has 1 amide bonds. The average Bonchev–Trinajstić information content (AvgIpc) is 3.06. The summed E-state index contributed by atoms with van der Waals surface area (Å²) < 4.78 is 30.0. The number of morpholine rings is 1. The number of hydrogen-bond acceptors (Lipinski definition) is 6. The number of ether oxygens (including phenoxy) is 2. The summed E-state index contributed by atoms with van der Waals surface area (Å²) in [7, 11) is 4.95. The Labute approximate surface area is 157 Å². The highest BCUT2D eigenvalue weighted by atomic mass is 19.1. The Kier molecular flexibility index (Phi) is 5.10. The van der Waals surface area contributed by atoms with Crippen molar-refractivity contribution < 1.29 is 23.2 Å². The van der Waals surface area contributed by atoms with E-state index in [4.69, 9.17) is 14.0 Å². The quantitative estimate of drug-likeness (QED) is 0.816. The molecule has 3 rings (SSSR count). The van der Waals surface area contributed by atoms with Gasteiger partial charge >= 0.3 is 0 Å². The number of rotatable bonds is 4. The monoisotopic (exact) mass is 377 g/mol.